The highest BCUT2D eigenvalue weighted by molar-refractivity contribution is 5.84. The molecule has 0 atom stereocenters. The second kappa shape index (κ2) is 9.13. The first-order valence-electron chi connectivity index (χ1n) is 7.04. The van der Waals surface area contributed by atoms with Crippen LogP contribution >= 0.6 is 0 Å². The van der Waals surface area contributed by atoms with E-state index >= 15 is 0 Å². The van der Waals surface area contributed by atoms with Crippen LogP contribution in [0.1, 0.15) is 25.3 Å². The minimum absolute atomic E-state index is 0.0408. The number of hydrogen-bond donors (Lipinski definition) is 0. The third-order valence-corrected chi connectivity index (χ3v) is 2.97. The van der Waals surface area contributed by atoms with E-state index < -0.39 is 0 Å². The third kappa shape index (κ3) is 6.90. The molecule has 21 heavy (non-hydrogen) atoms. The van der Waals surface area contributed by atoms with Crippen molar-refractivity contribution in [3.05, 3.63) is 29.8 Å². The summed E-state index contributed by atoms with van der Waals surface area (Å²) in [5.74, 6) is 0.537. The Balaban J connectivity index is 2.33. The molecule has 0 saturated heterocycles. The number of benzene rings is 1. The molecule has 0 aliphatic carbocycles. The molecule has 0 amide bonds. The van der Waals surface area contributed by atoms with Crippen LogP contribution in [-0.4, -0.2) is 44.0 Å². The van der Waals surface area contributed by atoms with Crippen molar-refractivity contribution in [2.45, 2.75) is 26.3 Å². The van der Waals surface area contributed by atoms with Crippen molar-refractivity contribution in [1.82, 2.24) is 4.90 Å². The first kappa shape index (κ1) is 17.2. The van der Waals surface area contributed by atoms with Crippen LogP contribution in [0.3, 0.4) is 0 Å². The van der Waals surface area contributed by atoms with Gasteiger partial charge >= 0.3 is 5.97 Å². The van der Waals surface area contributed by atoms with E-state index in [0.29, 0.717) is 19.7 Å². The molecule has 0 aliphatic heterocycles. The minimum Gasteiger partial charge on any atom is -0.497 e. The van der Waals surface area contributed by atoms with Crippen LogP contribution < -0.4 is 4.74 Å². The molecule has 1 aromatic rings. The fourth-order valence-electron chi connectivity index (χ4n) is 1.95. The second-order valence-corrected chi connectivity index (χ2v) is 4.86. The van der Waals surface area contributed by atoms with Gasteiger partial charge in [0.2, 0.25) is 0 Å². The molecule has 0 bridgehead atoms. The summed E-state index contributed by atoms with van der Waals surface area (Å²) in [5.41, 5.74) is 1.11. The van der Waals surface area contributed by atoms with Gasteiger partial charge in [-0.05, 0) is 31.7 Å². The average molecular weight is 293 g/mol. The molecular formula is C16H23NO4. The standard InChI is InChI=1S/C16H23NO4/c1-4-21-16(19)10-7-14(18)12-17(2)11-13-5-8-15(20-3)9-6-13/h5-6,8-9H,4,7,10-12H2,1-3H3. The number of nitrogens with zero attached hydrogens (tertiary/aromatic N) is 1. The normalized spacial score (nSPS) is 10.5. The number of carbonyl (C=O) groups excluding carboxylic acids is 2. The summed E-state index contributed by atoms with van der Waals surface area (Å²) in [4.78, 5) is 24.9. The van der Waals surface area contributed by atoms with Crippen LogP contribution in [0.2, 0.25) is 0 Å². The Hall–Kier alpha value is -1.88. The summed E-state index contributed by atoms with van der Waals surface area (Å²) in [6, 6.07) is 7.73. The number of ether oxygens (including phenoxy) is 2. The molecule has 0 unspecified atom stereocenters. The van der Waals surface area contributed by atoms with Gasteiger partial charge in [0.05, 0.1) is 26.7 Å². The molecule has 0 radical (unpaired) electrons. The maximum atomic E-state index is 11.8. The van der Waals surface area contributed by atoms with E-state index in [1.807, 2.05) is 36.2 Å². The lowest BCUT2D eigenvalue weighted by molar-refractivity contribution is -0.144. The van der Waals surface area contributed by atoms with Gasteiger partial charge in [-0.1, -0.05) is 12.1 Å². The summed E-state index contributed by atoms with van der Waals surface area (Å²) in [6.45, 7) is 3.10. The summed E-state index contributed by atoms with van der Waals surface area (Å²) in [6.07, 6.45) is 0.384. The van der Waals surface area contributed by atoms with Crippen molar-refractivity contribution in [2.75, 3.05) is 27.3 Å². The number of methoxy groups -OCH3 is 1. The van der Waals surface area contributed by atoms with Crippen LogP contribution in [0.4, 0.5) is 0 Å². The maximum absolute atomic E-state index is 11.8. The van der Waals surface area contributed by atoms with Gasteiger partial charge < -0.3 is 9.47 Å². The first-order chi connectivity index (χ1) is 10.0. The van der Waals surface area contributed by atoms with Crippen molar-refractivity contribution in [2.24, 2.45) is 0 Å². The van der Waals surface area contributed by atoms with Gasteiger partial charge in [-0.3, -0.25) is 14.5 Å². The molecule has 0 fully saturated rings. The van der Waals surface area contributed by atoms with Crippen molar-refractivity contribution in [1.29, 1.82) is 0 Å². The van der Waals surface area contributed by atoms with E-state index in [9.17, 15) is 9.59 Å². The predicted octanol–water partition coefficient (Wildman–Crippen LogP) is 2.04. The van der Waals surface area contributed by atoms with Crippen LogP contribution in [0.25, 0.3) is 0 Å². The number of rotatable bonds is 9. The van der Waals surface area contributed by atoms with E-state index in [0.717, 1.165) is 11.3 Å². The maximum Gasteiger partial charge on any atom is 0.306 e. The highest BCUT2D eigenvalue weighted by Gasteiger charge is 2.10. The molecule has 1 aromatic carbocycles. The van der Waals surface area contributed by atoms with Gasteiger partial charge in [0.1, 0.15) is 11.5 Å². The van der Waals surface area contributed by atoms with Crippen molar-refractivity contribution in [3.8, 4) is 5.75 Å². The molecule has 0 spiro atoms. The number of Topliss-reactive ketones (excluding diaryl/α,β-unsaturated/α-hetero) is 1. The van der Waals surface area contributed by atoms with Gasteiger partial charge in [0.25, 0.3) is 0 Å². The Morgan fingerprint density at radius 3 is 2.38 bits per heavy atom. The number of carbonyl (C=O) groups is 2. The lowest BCUT2D eigenvalue weighted by atomic mass is 10.2. The third-order valence-electron chi connectivity index (χ3n) is 2.97. The monoisotopic (exact) mass is 293 g/mol. The highest BCUT2D eigenvalue weighted by atomic mass is 16.5. The van der Waals surface area contributed by atoms with Gasteiger partial charge in [0.15, 0.2) is 0 Å². The van der Waals surface area contributed by atoms with Crippen molar-refractivity contribution < 1.29 is 19.1 Å². The van der Waals surface area contributed by atoms with Gasteiger partial charge in [-0.2, -0.15) is 0 Å². The van der Waals surface area contributed by atoms with Gasteiger partial charge in [-0.25, -0.2) is 0 Å². The number of likely N-dealkylation sites (N-methyl/N-ethyl adjacent to an activating group) is 1. The SMILES string of the molecule is CCOC(=O)CCC(=O)CN(C)Cc1ccc(OC)cc1. The fourth-order valence-corrected chi connectivity index (χ4v) is 1.95. The Labute approximate surface area is 125 Å². The Kier molecular flexibility index (Phi) is 7.46. The van der Waals surface area contributed by atoms with Crippen LogP contribution in [0.5, 0.6) is 5.75 Å². The van der Waals surface area contributed by atoms with E-state index in [1.54, 1.807) is 14.0 Å². The topological polar surface area (TPSA) is 55.8 Å². The summed E-state index contributed by atoms with van der Waals surface area (Å²) >= 11 is 0. The average Bonchev–Trinajstić information content (AvgIpc) is 2.46. The fraction of sp³-hybridized carbons (Fsp3) is 0.500. The Morgan fingerprint density at radius 2 is 1.81 bits per heavy atom. The van der Waals surface area contributed by atoms with Crippen molar-refractivity contribution >= 4 is 11.8 Å². The van der Waals surface area contributed by atoms with Crippen LogP contribution in [0.15, 0.2) is 24.3 Å². The second-order valence-electron chi connectivity index (χ2n) is 4.86. The number of hydrogen-bond acceptors (Lipinski definition) is 5. The number of esters is 1. The molecule has 1 rings (SSSR count). The molecule has 0 aliphatic rings. The largest absolute Gasteiger partial charge is 0.497 e. The summed E-state index contributed by atoms with van der Waals surface area (Å²) < 4.78 is 9.90. The Bertz CT molecular complexity index is 456. The zero-order valence-electron chi connectivity index (χ0n) is 12.9. The van der Waals surface area contributed by atoms with Gasteiger partial charge in [0, 0.05) is 13.0 Å². The lowest BCUT2D eigenvalue weighted by Gasteiger charge is -2.16. The molecule has 0 aromatic heterocycles. The zero-order valence-corrected chi connectivity index (χ0v) is 12.9. The minimum atomic E-state index is -0.316. The smallest absolute Gasteiger partial charge is 0.306 e. The van der Waals surface area contributed by atoms with E-state index in [2.05, 4.69) is 0 Å². The zero-order chi connectivity index (χ0) is 15.7. The van der Waals surface area contributed by atoms with Crippen molar-refractivity contribution in [3.63, 3.8) is 0 Å². The highest BCUT2D eigenvalue weighted by Crippen LogP contribution is 2.12. The molecular weight excluding hydrogens is 270 g/mol. The lowest BCUT2D eigenvalue weighted by Crippen LogP contribution is -2.26. The molecule has 5 nitrogen and oxygen atoms in total. The molecule has 0 N–H and O–H groups in total. The molecule has 0 saturated carbocycles. The molecule has 116 valence electrons. The van der Waals surface area contributed by atoms with Gasteiger partial charge in [-0.15, -0.1) is 0 Å². The number of ketones is 1. The van der Waals surface area contributed by atoms with E-state index in [4.69, 9.17) is 9.47 Å². The first-order valence-corrected chi connectivity index (χ1v) is 7.04. The molecule has 5 heteroatoms. The van der Waals surface area contributed by atoms with E-state index in [-0.39, 0.29) is 24.6 Å². The van der Waals surface area contributed by atoms with Crippen LogP contribution in [-0.2, 0) is 20.9 Å². The Morgan fingerprint density at radius 1 is 1.14 bits per heavy atom. The summed E-state index contributed by atoms with van der Waals surface area (Å²) in [5, 5.41) is 0. The summed E-state index contributed by atoms with van der Waals surface area (Å²) in [7, 11) is 3.51. The van der Waals surface area contributed by atoms with E-state index in [1.165, 1.54) is 0 Å². The predicted molar refractivity (Wildman–Crippen MR) is 80.2 cm³/mol. The van der Waals surface area contributed by atoms with Crippen LogP contribution in [0, 0.1) is 0 Å². The molecule has 0 heterocycles. The quantitative estimate of drug-likeness (QED) is 0.652.